The van der Waals surface area contributed by atoms with Crippen molar-refractivity contribution in [3.63, 3.8) is 0 Å². The Balaban J connectivity index is 1.29. The summed E-state index contributed by atoms with van der Waals surface area (Å²) in [6, 6.07) is 13.5. The lowest BCUT2D eigenvalue weighted by molar-refractivity contribution is -0.134. The van der Waals surface area contributed by atoms with Gasteiger partial charge in [0.05, 0.1) is 16.8 Å². The van der Waals surface area contributed by atoms with Gasteiger partial charge in [0.1, 0.15) is 0 Å². The minimum atomic E-state index is -0.463. The first-order valence-electron chi connectivity index (χ1n) is 13.1. The van der Waals surface area contributed by atoms with Crippen LogP contribution in [-0.4, -0.2) is 48.2 Å². The number of carbonyl (C=O) groups excluding carboxylic acids is 2. The second-order valence-corrected chi connectivity index (χ2v) is 9.97. The Morgan fingerprint density at radius 3 is 2.78 bits per heavy atom. The van der Waals surface area contributed by atoms with Crippen LogP contribution in [0.3, 0.4) is 0 Å². The molecule has 1 aliphatic heterocycles. The molecule has 7 nitrogen and oxygen atoms in total. The minimum absolute atomic E-state index is 0.125. The van der Waals surface area contributed by atoms with Crippen molar-refractivity contribution in [2.75, 3.05) is 26.5 Å². The molecule has 0 bridgehead atoms. The number of hydrogen-bond donors (Lipinski definition) is 0. The molecule has 7 heteroatoms. The lowest BCUT2D eigenvalue weighted by atomic mass is 10.0. The molecule has 2 aliphatic carbocycles. The van der Waals surface area contributed by atoms with Gasteiger partial charge in [-0.1, -0.05) is 31.2 Å². The zero-order chi connectivity index (χ0) is 25.4. The predicted molar refractivity (Wildman–Crippen MR) is 140 cm³/mol. The summed E-state index contributed by atoms with van der Waals surface area (Å²) in [5.41, 5.74) is 5.00. The van der Waals surface area contributed by atoms with Gasteiger partial charge >= 0.3 is 5.97 Å². The quantitative estimate of drug-likeness (QED) is 0.395. The number of benzene rings is 2. The number of para-hydroxylation sites is 1. The fraction of sp³-hybridized carbons (Fsp3) is 0.367. The highest BCUT2D eigenvalue weighted by Gasteiger charge is 2.30. The first-order valence-corrected chi connectivity index (χ1v) is 13.1. The van der Waals surface area contributed by atoms with Crippen molar-refractivity contribution in [1.29, 1.82) is 0 Å². The van der Waals surface area contributed by atoms with Gasteiger partial charge in [-0.2, -0.15) is 0 Å². The van der Waals surface area contributed by atoms with E-state index in [4.69, 9.17) is 19.2 Å². The maximum absolute atomic E-state index is 13.5. The van der Waals surface area contributed by atoms with Crippen LogP contribution in [0.25, 0.3) is 22.6 Å². The highest BCUT2D eigenvalue weighted by Crippen LogP contribution is 2.39. The van der Waals surface area contributed by atoms with Crippen LogP contribution in [-0.2, 0) is 16.0 Å². The monoisotopic (exact) mass is 498 g/mol. The largest absolute Gasteiger partial charge is 0.454 e. The van der Waals surface area contributed by atoms with Gasteiger partial charge in [-0.05, 0) is 79.0 Å². The van der Waals surface area contributed by atoms with E-state index in [-0.39, 0.29) is 19.3 Å². The molecule has 190 valence electrons. The van der Waals surface area contributed by atoms with E-state index >= 15 is 0 Å². The van der Waals surface area contributed by atoms with Crippen LogP contribution in [0.2, 0.25) is 0 Å². The molecule has 37 heavy (non-hydrogen) atoms. The van der Waals surface area contributed by atoms with E-state index in [1.807, 2.05) is 47.4 Å². The predicted octanol–water partition coefficient (Wildman–Crippen LogP) is 5.26. The molecule has 1 saturated carbocycles. The van der Waals surface area contributed by atoms with E-state index in [0.717, 1.165) is 64.2 Å². The van der Waals surface area contributed by atoms with E-state index in [1.165, 1.54) is 12.8 Å². The Hall–Kier alpha value is -3.87. The number of hydrogen-bond acceptors (Lipinski definition) is 6. The first kappa shape index (κ1) is 23.5. The number of carbonyl (C=O) groups is 2. The maximum atomic E-state index is 13.5. The Morgan fingerprint density at radius 2 is 1.95 bits per heavy atom. The normalized spacial score (nSPS) is 16.7. The van der Waals surface area contributed by atoms with Gasteiger partial charge < -0.3 is 19.1 Å². The highest BCUT2D eigenvalue weighted by molar-refractivity contribution is 6.07. The maximum Gasteiger partial charge on any atom is 0.339 e. The molecule has 6 rings (SSSR count). The summed E-state index contributed by atoms with van der Waals surface area (Å²) in [5.74, 6) is 1.48. The van der Waals surface area contributed by atoms with Gasteiger partial charge in [0, 0.05) is 18.5 Å². The lowest BCUT2D eigenvalue weighted by Gasteiger charge is -2.22. The Kier molecular flexibility index (Phi) is 6.28. The molecular formula is C30H30N2O5. The average molecular weight is 499 g/mol. The summed E-state index contributed by atoms with van der Waals surface area (Å²) in [6.07, 6.45) is 6.76. The summed E-state index contributed by atoms with van der Waals surface area (Å²) >= 11 is 0. The molecule has 0 unspecified atom stereocenters. The number of esters is 1. The zero-order valence-corrected chi connectivity index (χ0v) is 21.0. The summed E-state index contributed by atoms with van der Waals surface area (Å²) < 4.78 is 16.6. The fourth-order valence-electron chi connectivity index (χ4n) is 5.21. The summed E-state index contributed by atoms with van der Waals surface area (Å²) in [6.45, 7) is 3.49. The molecule has 1 aromatic heterocycles. The molecule has 1 amide bonds. The number of aromatic nitrogens is 1. The van der Waals surface area contributed by atoms with Crippen molar-refractivity contribution in [2.24, 2.45) is 5.92 Å². The topological polar surface area (TPSA) is 78.0 Å². The average Bonchev–Trinajstić information content (AvgIpc) is 3.46. The molecule has 0 spiro atoms. The number of ether oxygens (including phenoxy) is 3. The molecule has 0 atom stereocenters. The van der Waals surface area contributed by atoms with Crippen LogP contribution < -0.4 is 9.47 Å². The first-order chi connectivity index (χ1) is 18.1. The van der Waals surface area contributed by atoms with Crippen molar-refractivity contribution in [2.45, 2.75) is 39.0 Å². The van der Waals surface area contributed by atoms with Crippen LogP contribution in [0.1, 0.15) is 59.8 Å². The van der Waals surface area contributed by atoms with Crippen LogP contribution in [0, 0.1) is 5.92 Å². The van der Waals surface area contributed by atoms with Crippen molar-refractivity contribution in [3.8, 4) is 11.5 Å². The van der Waals surface area contributed by atoms with Gasteiger partial charge in [-0.3, -0.25) is 4.79 Å². The van der Waals surface area contributed by atoms with E-state index in [2.05, 4.69) is 13.0 Å². The molecule has 3 aliphatic rings. The van der Waals surface area contributed by atoms with Crippen molar-refractivity contribution < 1.29 is 23.8 Å². The fourth-order valence-corrected chi connectivity index (χ4v) is 5.21. The van der Waals surface area contributed by atoms with E-state index < -0.39 is 5.97 Å². The zero-order valence-electron chi connectivity index (χ0n) is 21.0. The number of rotatable bonds is 8. The standard InChI is InChI=1S/C30H30N2O5/c1-2-13-32(16-19-7-8-19)27(33)17-35-30(34)28-22-5-3-4-6-24(22)31-29-21(10-11-23(28)29)14-20-9-12-25-26(15-20)37-18-36-25/h3-6,9,12,14-15,19H,2,7-8,10-11,13,16-18H2,1H3. The Bertz CT molecular complexity index is 1410. The number of pyridine rings is 1. The molecule has 0 saturated heterocycles. The second-order valence-electron chi connectivity index (χ2n) is 9.97. The third-order valence-electron chi connectivity index (χ3n) is 7.23. The number of amides is 1. The summed E-state index contributed by atoms with van der Waals surface area (Å²) in [4.78, 5) is 33.1. The van der Waals surface area contributed by atoms with Crippen LogP contribution in [0.5, 0.6) is 11.5 Å². The van der Waals surface area contributed by atoms with E-state index in [1.54, 1.807) is 0 Å². The van der Waals surface area contributed by atoms with E-state index in [9.17, 15) is 9.59 Å². The Morgan fingerprint density at radius 1 is 1.11 bits per heavy atom. The lowest BCUT2D eigenvalue weighted by Crippen LogP contribution is -2.37. The summed E-state index contributed by atoms with van der Waals surface area (Å²) in [5, 5.41) is 0.756. The third kappa shape index (κ3) is 4.78. The van der Waals surface area contributed by atoms with Crippen LogP contribution in [0.4, 0.5) is 0 Å². The van der Waals surface area contributed by atoms with Crippen molar-refractivity contribution >= 4 is 34.4 Å². The molecule has 0 N–H and O–H groups in total. The number of nitrogens with zero attached hydrogens (tertiary/aromatic N) is 2. The summed E-state index contributed by atoms with van der Waals surface area (Å²) in [7, 11) is 0. The van der Waals surface area contributed by atoms with Gasteiger partial charge in [0.15, 0.2) is 18.1 Å². The Labute approximate surface area is 216 Å². The minimum Gasteiger partial charge on any atom is -0.454 e. The highest BCUT2D eigenvalue weighted by atomic mass is 16.7. The number of fused-ring (bicyclic) bond motifs is 3. The van der Waals surface area contributed by atoms with Gasteiger partial charge in [-0.25, -0.2) is 9.78 Å². The molecule has 0 radical (unpaired) electrons. The van der Waals surface area contributed by atoms with Crippen molar-refractivity contribution in [3.05, 3.63) is 64.8 Å². The molecular weight excluding hydrogens is 468 g/mol. The second kappa shape index (κ2) is 9.88. The molecule has 2 aromatic carbocycles. The molecule has 3 aromatic rings. The van der Waals surface area contributed by atoms with Gasteiger partial charge in [-0.15, -0.1) is 0 Å². The molecule has 1 fully saturated rings. The van der Waals surface area contributed by atoms with Crippen LogP contribution >= 0.6 is 0 Å². The molecule has 2 heterocycles. The SMILES string of the molecule is CCCN(CC1CC1)C(=O)COC(=O)c1c2c(nc3ccccc13)C(=Cc1ccc3c(c1)OCO3)CC2. The van der Waals surface area contributed by atoms with Gasteiger partial charge in [0.25, 0.3) is 5.91 Å². The smallest absolute Gasteiger partial charge is 0.339 e. The van der Waals surface area contributed by atoms with E-state index in [0.29, 0.717) is 24.4 Å². The number of allylic oxidation sites excluding steroid dienone is 1. The third-order valence-corrected chi connectivity index (χ3v) is 7.23. The van der Waals surface area contributed by atoms with Crippen molar-refractivity contribution in [1.82, 2.24) is 9.88 Å². The van der Waals surface area contributed by atoms with Gasteiger partial charge in [0.2, 0.25) is 6.79 Å². The van der Waals surface area contributed by atoms with Crippen LogP contribution in [0.15, 0.2) is 42.5 Å².